The molecule has 1 amide bonds. The maximum Gasteiger partial charge on any atom is 0.265 e. The van der Waals surface area contributed by atoms with Gasteiger partial charge in [-0.15, -0.1) is 11.3 Å². The standard InChI is InChI=1S/C16H15N3O3S/c1-10(21-12-6-4-3-5-7-12)14(20)18-16-13(8-9-23-16)15-17-11(2)19-22-15/h3-10H,1-2H3,(H,18,20)/t10-/m1/s1. The molecule has 0 aliphatic heterocycles. The lowest BCUT2D eigenvalue weighted by Gasteiger charge is -2.14. The van der Waals surface area contributed by atoms with Gasteiger partial charge < -0.3 is 14.6 Å². The molecule has 0 unspecified atom stereocenters. The molecule has 0 aliphatic rings. The Balaban J connectivity index is 1.70. The van der Waals surface area contributed by atoms with Crippen molar-refractivity contribution in [3.63, 3.8) is 0 Å². The van der Waals surface area contributed by atoms with Crippen LogP contribution in [0.1, 0.15) is 12.7 Å². The Labute approximate surface area is 137 Å². The van der Waals surface area contributed by atoms with Crippen LogP contribution < -0.4 is 10.1 Å². The van der Waals surface area contributed by atoms with Crippen molar-refractivity contribution in [2.45, 2.75) is 20.0 Å². The first-order chi connectivity index (χ1) is 11.1. The molecule has 0 spiro atoms. The molecule has 0 bridgehead atoms. The van der Waals surface area contributed by atoms with E-state index in [0.717, 1.165) is 0 Å². The number of hydrogen-bond acceptors (Lipinski definition) is 6. The Kier molecular flexibility index (Phi) is 4.38. The molecule has 0 saturated carbocycles. The number of nitrogens with one attached hydrogen (secondary N) is 1. The van der Waals surface area contributed by atoms with Gasteiger partial charge in [0, 0.05) is 0 Å². The molecule has 23 heavy (non-hydrogen) atoms. The van der Waals surface area contributed by atoms with Crippen molar-refractivity contribution in [1.29, 1.82) is 0 Å². The van der Waals surface area contributed by atoms with Crippen molar-refractivity contribution in [3.8, 4) is 17.2 Å². The molecule has 1 N–H and O–H groups in total. The molecule has 118 valence electrons. The normalized spacial score (nSPS) is 11.9. The minimum absolute atomic E-state index is 0.242. The third-order valence-corrected chi connectivity index (χ3v) is 3.92. The lowest BCUT2D eigenvalue weighted by molar-refractivity contribution is -0.122. The summed E-state index contributed by atoms with van der Waals surface area (Å²) in [5.74, 6) is 1.34. The fraction of sp³-hybridized carbons (Fsp3) is 0.188. The van der Waals surface area contributed by atoms with E-state index in [9.17, 15) is 4.79 Å². The van der Waals surface area contributed by atoms with Gasteiger partial charge >= 0.3 is 0 Å². The molecule has 3 aromatic rings. The van der Waals surface area contributed by atoms with E-state index >= 15 is 0 Å². The van der Waals surface area contributed by atoms with Crippen molar-refractivity contribution < 1.29 is 14.1 Å². The molecule has 2 aromatic heterocycles. The molecule has 0 fully saturated rings. The highest BCUT2D eigenvalue weighted by atomic mass is 32.1. The van der Waals surface area contributed by atoms with Gasteiger partial charge in [0.2, 0.25) is 0 Å². The van der Waals surface area contributed by atoms with Crippen LogP contribution in [-0.2, 0) is 4.79 Å². The van der Waals surface area contributed by atoms with Crippen molar-refractivity contribution >= 4 is 22.2 Å². The molecule has 6 nitrogen and oxygen atoms in total. The van der Waals surface area contributed by atoms with Crippen LogP contribution in [0, 0.1) is 6.92 Å². The van der Waals surface area contributed by atoms with Gasteiger partial charge in [-0.2, -0.15) is 4.98 Å². The van der Waals surface area contributed by atoms with E-state index in [2.05, 4.69) is 15.5 Å². The molecule has 7 heteroatoms. The minimum Gasteiger partial charge on any atom is -0.481 e. The maximum atomic E-state index is 12.3. The summed E-state index contributed by atoms with van der Waals surface area (Å²) < 4.78 is 10.8. The largest absolute Gasteiger partial charge is 0.481 e. The summed E-state index contributed by atoms with van der Waals surface area (Å²) >= 11 is 1.39. The summed E-state index contributed by atoms with van der Waals surface area (Å²) in [6.07, 6.45) is -0.628. The third-order valence-electron chi connectivity index (χ3n) is 3.09. The van der Waals surface area contributed by atoms with Crippen LogP contribution in [0.25, 0.3) is 11.5 Å². The number of rotatable bonds is 5. The van der Waals surface area contributed by atoms with Gasteiger partial charge in [-0.3, -0.25) is 4.79 Å². The fourth-order valence-corrected chi connectivity index (χ4v) is 2.73. The fourth-order valence-electron chi connectivity index (χ4n) is 1.95. The van der Waals surface area contributed by atoms with Gasteiger partial charge in [-0.25, -0.2) is 0 Å². The number of amides is 1. The van der Waals surface area contributed by atoms with Crippen molar-refractivity contribution in [3.05, 3.63) is 47.6 Å². The van der Waals surface area contributed by atoms with Crippen LogP contribution in [0.15, 0.2) is 46.3 Å². The SMILES string of the molecule is Cc1noc(-c2ccsc2NC(=O)[C@@H](C)Oc2ccccc2)n1. The van der Waals surface area contributed by atoms with Gasteiger partial charge in [0.15, 0.2) is 11.9 Å². The van der Waals surface area contributed by atoms with Crippen LogP contribution in [0.5, 0.6) is 5.75 Å². The lowest BCUT2D eigenvalue weighted by Crippen LogP contribution is -2.29. The van der Waals surface area contributed by atoms with Gasteiger partial charge in [0.1, 0.15) is 10.8 Å². The molecule has 0 aliphatic carbocycles. The predicted molar refractivity (Wildman–Crippen MR) is 87.5 cm³/mol. The zero-order valence-corrected chi connectivity index (χ0v) is 13.5. The van der Waals surface area contributed by atoms with Crippen LogP contribution in [0.3, 0.4) is 0 Å². The van der Waals surface area contributed by atoms with E-state index in [0.29, 0.717) is 28.0 Å². The first kappa shape index (κ1) is 15.2. The molecule has 3 rings (SSSR count). The average Bonchev–Trinajstić information content (AvgIpc) is 3.17. The van der Waals surface area contributed by atoms with Crippen molar-refractivity contribution in [2.75, 3.05) is 5.32 Å². The molecule has 2 heterocycles. The first-order valence-electron chi connectivity index (χ1n) is 7.04. The lowest BCUT2D eigenvalue weighted by atomic mass is 10.3. The van der Waals surface area contributed by atoms with Crippen LogP contribution in [0.2, 0.25) is 0 Å². The zero-order valence-electron chi connectivity index (χ0n) is 12.6. The second kappa shape index (κ2) is 6.62. The zero-order chi connectivity index (χ0) is 16.2. The highest BCUT2D eigenvalue weighted by Crippen LogP contribution is 2.32. The number of anilines is 1. The summed E-state index contributed by atoms with van der Waals surface area (Å²) in [6.45, 7) is 3.44. The van der Waals surface area contributed by atoms with Gasteiger partial charge in [-0.1, -0.05) is 23.4 Å². The minimum atomic E-state index is -0.628. The van der Waals surface area contributed by atoms with E-state index in [1.54, 1.807) is 13.8 Å². The smallest absolute Gasteiger partial charge is 0.265 e. The second-order valence-corrected chi connectivity index (χ2v) is 5.79. The van der Waals surface area contributed by atoms with Gasteiger partial charge in [0.05, 0.1) is 5.56 Å². The van der Waals surface area contributed by atoms with E-state index in [4.69, 9.17) is 9.26 Å². The molecule has 0 saturated heterocycles. The highest BCUT2D eigenvalue weighted by Gasteiger charge is 2.19. The third kappa shape index (κ3) is 3.57. The number of para-hydroxylation sites is 1. The maximum absolute atomic E-state index is 12.3. The number of nitrogens with zero attached hydrogens (tertiary/aromatic N) is 2. The van der Waals surface area contributed by atoms with E-state index in [-0.39, 0.29) is 5.91 Å². The highest BCUT2D eigenvalue weighted by molar-refractivity contribution is 7.15. The Morgan fingerprint density at radius 1 is 1.30 bits per heavy atom. The number of hydrogen-bond donors (Lipinski definition) is 1. The molecule has 1 aromatic carbocycles. The first-order valence-corrected chi connectivity index (χ1v) is 7.92. The summed E-state index contributed by atoms with van der Waals surface area (Å²) in [4.78, 5) is 16.5. The number of carbonyl (C=O) groups is 1. The Morgan fingerprint density at radius 3 is 2.78 bits per heavy atom. The molecule has 1 atom stereocenters. The summed E-state index contributed by atoms with van der Waals surface area (Å²) in [5.41, 5.74) is 0.705. The molecular weight excluding hydrogens is 314 g/mol. The number of aromatic nitrogens is 2. The van der Waals surface area contributed by atoms with E-state index in [1.807, 2.05) is 41.8 Å². The number of aryl methyl sites for hydroxylation is 1. The number of thiophene rings is 1. The topological polar surface area (TPSA) is 77.2 Å². The van der Waals surface area contributed by atoms with Crippen LogP contribution in [-0.4, -0.2) is 22.2 Å². The van der Waals surface area contributed by atoms with E-state index < -0.39 is 6.10 Å². The van der Waals surface area contributed by atoms with Gasteiger partial charge in [-0.05, 0) is 37.4 Å². The predicted octanol–water partition coefficient (Wildman–Crippen LogP) is 3.51. The average molecular weight is 329 g/mol. The summed E-state index contributed by atoms with van der Waals surface area (Å²) in [6, 6.07) is 11.0. The van der Waals surface area contributed by atoms with Crippen molar-refractivity contribution in [1.82, 2.24) is 10.1 Å². The monoisotopic (exact) mass is 329 g/mol. The summed E-state index contributed by atoms with van der Waals surface area (Å²) in [7, 11) is 0. The Morgan fingerprint density at radius 2 is 2.09 bits per heavy atom. The Bertz CT molecular complexity index is 798. The summed E-state index contributed by atoms with van der Waals surface area (Å²) in [5, 5.41) is 9.12. The number of carbonyl (C=O) groups excluding carboxylic acids is 1. The quantitative estimate of drug-likeness (QED) is 0.775. The van der Waals surface area contributed by atoms with E-state index in [1.165, 1.54) is 11.3 Å². The van der Waals surface area contributed by atoms with Gasteiger partial charge in [0.25, 0.3) is 11.8 Å². The van der Waals surface area contributed by atoms with Crippen LogP contribution >= 0.6 is 11.3 Å². The number of ether oxygens (including phenoxy) is 1. The van der Waals surface area contributed by atoms with Crippen LogP contribution in [0.4, 0.5) is 5.00 Å². The van der Waals surface area contributed by atoms with Crippen molar-refractivity contribution in [2.24, 2.45) is 0 Å². The second-order valence-electron chi connectivity index (χ2n) is 4.87. The molecular formula is C16H15N3O3S. The Hall–Kier alpha value is -2.67. The molecule has 0 radical (unpaired) electrons. The number of benzene rings is 1.